The highest BCUT2D eigenvalue weighted by Crippen LogP contribution is 2.21. The number of H-pyrrole nitrogens is 1. The molecule has 1 aliphatic heterocycles. The second-order valence-electron chi connectivity index (χ2n) is 8.14. The molecule has 3 amide bonds. The van der Waals surface area contributed by atoms with E-state index in [0.29, 0.717) is 44.0 Å². The number of aromatic amines is 1. The minimum Gasteiger partial charge on any atom is -0.367 e. The van der Waals surface area contributed by atoms with E-state index in [1.165, 1.54) is 0 Å². The van der Waals surface area contributed by atoms with Gasteiger partial charge in [0, 0.05) is 49.6 Å². The zero-order valence-electron chi connectivity index (χ0n) is 18.6. The van der Waals surface area contributed by atoms with Gasteiger partial charge in [-0.3, -0.25) is 9.78 Å². The number of urea groups is 1. The Labute approximate surface area is 196 Å². The van der Waals surface area contributed by atoms with Crippen molar-refractivity contribution in [1.82, 2.24) is 19.9 Å². The van der Waals surface area contributed by atoms with E-state index in [-0.39, 0.29) is 11.9 Å². The van der Waals surface area contributed by atoms with Gasteiger partial charge in [-0.05, 0) is 35.9 Å². The number of fused-ring (bicyclic) bond motifs is 1. The zero-order chi connectivity index (χ0) is 23.3. The molecular weight excluding hydrogens is 430 g/mol. The fourth-order valence-corrected chi connectivity index (χ4v) is 4.13. The predicted molar refractivity (Wildman–Crippen MR) is 132 cm³/mol. The Bertz CT molecular complexity index is 1300. The van der Waals surface area contributed by atoms with Gasteiger partial charge in [0.15, 0.2) is 0 Å². The van der Waals surface area contributed by atoms with E-state index in [9.17, 15) is 9.59 Å². The van der Waals surface area contributed by atoms with Crippen LogP contribution < -0.4 is 15.5 Å². The Kier molecular flexibility index (Phi) is 6.07. The molecule has 1 aliphatic rings. The first kappa shape index (κ1) is 21.4. The number of nitrogens with zero attached hydrogens (tertiary/aromatic N) is 4. The van der Waals surface area contributed by atoms with E-state index in [0.717, 1.165) is 22.3 Å². The van der Waals surface area contributed by atoms with E-state index in [2.05, 4.69) is 30.5 Å². The SMILES string of the molecule is O=C(Nc1ccccc1)Nc1cncc(N2CCN(C(=O)Cc3c[nH]c4ncccc34)CC2)c1. The summed E-state index contributed by atoms with van der Waals surface area (Å²) in [4.78, 5) is 40.9. The van der Waals surface area contributed by atoms with Crippen molar-refractivity contribution < 1.29 is 9.59 Å². The number of hydrogen-bond donors (Lipinski definition) is 3. The molecule has 0 bridgehead atoms. The first-order valence-corrected chi connectivity index (χ1v) is 11.2. The number of para-hydroxylation sites is 1. The predicted octanol–water partition coefficient (Wildman–Crippen LogP) is 3.49. The lowest BCUT2D eigenvalue weighted by molar-refractivity contribution is -0.130. The summed E-state index contributed by atoms with van der Waals surface area (Å²) in [6, 6.07) is 14.7. The van der Waals surface area contributed by atoms with Crippen LogP contribution in [-0.2, 0) is 11.2 Å². The standard InChI is InChI=1S/C25H25N7O2/c33-23(13-18-15-28-24-22(18)7-4-8-27-24)32-11-9-31(10-12-32)21-14-20(16-26-17-21)30-25(34)29-19-5-2-1-3-6-19/h1-8,14-17H,9-13H2,(H,27,28)(H2,29,30,34). The van der Waals surface area contributed by atoms with Crippen molar-refractivity contribution in [3.05, 3.63) is 78.9 Å². The molecule has 0 spiro atoms. The van der Waals surface area contributed by atoms with Crippen molar-refractivity contribution in [3.8, 4) is 0 Å². The summed E-state index contributed by atoms with van der Waals surface area (Å²) >= 11 is 0. The van der Waals surface area contributed by atoms with Crippen molar-refractivity contribution in [2.24, 2.45) is 0 Å². The zero-order valence-corrected chi connectivity index (χ0v) is 18.6. The van der Waals surface area contributed by atoms with E-state index in [4.69, 9.17) is 0 Å². The normalized spacial score (nSPS) is 13.6. The molecule has 9 nitrogen and oxygen atoms in total. The number of pyridine rings is 2. The minimum absolute atomic E-state index is 0.107. The third-order valence-corrected chi connectivity index (χ3v) is 5.89. The van der Waals surface area contributed by atoms with Crippen LogP contribution in [0, 0.1) is 0 Å². The molecule has 3 N–H and O–H groups in total. The lowest BCUT2D eigenvalue weighted by Gasteiger charge is -2.36. The van der Waals surface area contributed by atoms with Gasteiger partial charge in [-0.15, -0.1) is 0 Å². The number of piperazine rings is 1. The molecule has 1 aromatic carbocycles. The van der Waals surface area contributed by atoms with Crippen molar-refractivity contribution in [3.63, 3.8) is 0 Å². The summed E-state index contributed by atoms with van der Waals surface area (Å²) in [5.41, 5.74) is 4.00. The molecule has 5 rings (SSSR count). The number of hydrogen-bond acceptors (Lipinski definition) is 5. The number of rotatable bonds is 5. The number of benzene rings is 1. The van der Waals surface area contributed by atoms with Crippen molar-refractivity contribution in [2.75, 3.05) is 41.7 Å². The van der Waals surface area contributed by atoms with Crippen LogP contribution in [0.5, 0.6) is 0 Å². The van der Waals surface area contributed by atoms with Gasteiger partial charge in [-0.2, -0.15) is 0 Å². The monoisotopic (exact) mass is 455 g/mol. The number of carbonyl (C=O) groups is 2. The first-order chi connectivity index (χ1) is 16.7. The molecule has 4 aromatic rings. The maximum atomic E-state index is 12.9. The molecule has 0 saturated carbocycles. The minimum atomic E-state index is -0.326. The maximum Gasteiger partial charge on any atom is 0.323 e. The van der Waals surface area contributed by atoms with Gasteiger partial charge < -0.3 is 25.4 Å². The van der Waals surface area contributed by atoms with Gasteiger partial charge in [0.1, 0.15) is 5.65 Å². The fourth-order valence-electron chi connectivity index (χ4n) is 4.13. The van der Waals surface area contributed by atoms with E-state index in [1.807, 2.05) is 59.6 Å². The summed E-state index contributed by atoms with van der Waals surface area (Å²) in [6.07, 6.45) is 7.34. The molecule has 172 valence electrons. The molecule has 1 saturated heterocycles. The number of nitrogens with one attached hydrogen (secondary N) is 3. The van der Waals surface area contributed by atoms with Gasteiger partial charge >= 0.3 is 6.03 Å². The Morgan fingerprint density at radius 3 is 2.56 bits per heavy atom. The average molecular weight is 456 g/mol. The summed E-state index contributed by atoms with van der Waals surface area (Å²) in [7, 11) is 0. The lowest BCUT2D eigenvalue weighted by atomic mass is 10.1. The quantitative estimate of drug-likeness (QED) is 0.427. The molecule has 3 aromatic heterocycles. The molecule has 4 heterocycles. The second-order valence-corrected chi connectivity index (χ2v) is 8.14. The van der Waals surface area contributed by atoms with Crippen molar-refractivity contribution >= 4 is 40.0 Å². The molecule has 0 atom stereocenters. The molecule has 0 aliphatic carbocycles. The van der Waals surface area contributed by atoms with E-state index in [1.54, 1.807) is 18.6 Å². The largest absolute Gasteiger partial charge is 0.367 e. The van der Waals surface area contributed by atoms with Crippen LogP contribution in [0.15, 0.2) is 73.3 Å². The van der Waals surface area contributed by atoms with Gasteiger partial charge in [0.25, 0.3) is 0 Å². The number of aromatic nitrogens is 3. The lowest BCUT2D eigenvalue weighted by Crippen LogP contribution is -2.49. The summed E-state index contributed by atoms with van der Waals surface area (Å²) in [5.74, 6) is 0.107. The Morgan fingerprint density at radius 2 is 1.74 bits per heavy atom. The van der Waals surface area contributed by atoms with Crippen LogP contribution in [0.1, 0.15) is 5.56 Å². The molecular formula is C25H25N7O2. The topological polar surface area (TPSA) is 106 Å². The van der Waals surface area contributed by atoms with Crippen LogP contribution in [0.3, 0.4) is 0 Å². The molecule has 0 radical (unpaired) electrons. The third kappa shape index (κ3) is 4.83. The van der Waals surface area contributed by atoms with Crippen LogP contribution in [-0.4, -0.2) is 58.0 Å². The average Bonchev–Trinajstić information content (AvgIpc) is 3.27. The van der Waals surface area contributed by atoms with Crippen LogP contribution in [0.2, 0.25) is 0 Å². The highest BCUT2D eigenvalue weighted by Gasteiger charge is 2.22. The van der Waals surface area contributed by atoms with Crippen LogP contribution in [0.4, 0.5) is 21.9 Å². The van der Waals surface area contributed by atoms with Gasteiger partial charge in [-0.25, -0.2) is 9.78 Å². The Morgan fingerprint density at radius 1 is 0.941 bits per heavy atom. The Balaban J connectivity index is 1.16. The van der Waals surface area contributed by atoms with E-state index >= 15 is 0 Å². The molecule has 34 heavy (non-hydrogen) atoms. The van der Waals surface area contributed by atoms with Gasteiger partial charge in [0.2, 0.25) is 5.91 Å². The van der Waals surface area contributed by atoms with Crippen molar-refractivity contribution in [1.29, 1.82) is 0 Å². The molecule has 9 heteroatoms. The first-order valence-electron chi connectivity index (χ1n) is 11.2. The van der Waals surface area contributed by atoms with Gasteiger partial charge in [0.05, 0.1) is 30.2 Å². The molecule has 1 fully saturated rings. The second kappa shape index (κ2) is 9.62. The Hall–Kier alpha value is -4.40. The van der Waals surface area contributed by atoms with Crippen LogP contribution in [0.25, 0.3) is 11.0 Å². The molecule has 0 unspecified atom stereocenters. The smallest absolute Gasteiger partial charge is 0.323 e. The summed E-state index contributed by atoms with van der Waals surface area (Å²) in [5, 5.41) is 6.61. The maximum absolute atomic E-state index is 12.9. The van der Waals surface area contributed by atoms with E-state index < -0.39 is 0 Å². The summed E-state index contributed by atoms with van der Waals surface area (Å²) < 4.78 is 0. The number of anilines is 3. The third-order valence-electron chi connectivity index (χ3n) is 5.89. The fraction of sp³-hybridized carbons (Fsp3) is 0.200. The highest BCUT2D eigenvalue weighted by molar-refractivity contribution is 5.99. The highest BCUT2D eigenvalue weighted by atomic mass is 16.2. The number of carbonyl (C=O) groups excluding carboxylic acids is 2. The van der Waals surface area contributed by atoms with Gasteiger partial charge in [-0.1, -0.05) is 18.2 Å². The number of amides is 3. The van der Waals surface area contributed by atoms with Crippen molar-refractivity contribution in [2.45, 2.75) is 6.42 Å². The van der Waals surface area contributed by atoms with Crippen LogP contribution >= 0.6 is 0 Å². The summed E-state index contributed by atoms with van der Waals surface area (Å²) in [6.45, 7) is 2.65.